The fraction of sp³-hybridized carbons (Fsp3) is 0.143. The Morgan fingerprint density at radius 3 is 1.09 bits per heavy atom. The summed E-state index contributed by atoms with van der Waals surface area (Å²) in [7, 11) is 0. The highest BCUT2D eigenvalue weighted by Crippen LogP contribution is 1.49. The molecule has 0 aliphatic carbocycles. The first-order chi connectivity index (χ1) is 4.54. The predicted molar refractivity (Wildman–Crippen MR) is 45.5 cm³/mol. The number of primary amides is 2. The van der Waals surface area contributed by atoms with Gasteiger partial charge in [-0.3, -0.25) is 9.59 Å². The molecule has 0 radical (unpaired) electrons. The van der Waals surface area contributed by atoms with Crippen molar-refractivity contribution in [1.29, 1.82) is 0 Å². The quantitative estimate of drug-likeness (QED) is 0.552. The van der Waals surface area contributed by atoms with Crippen molar-refractivity contribution in [3.8, 4) is 0 Å². The molecule has 0 aliphatic heterocycles. The first kappa shape index (κ1) is 16.2. The zero-order valence-electron chi connectivity index (χ0n) is 5.54. The maximum Gasteiger partial charge on any atom is 0.240 e. The third kappa shape index (κ3) is 59.3. The summed E-state index contributed by atoms with van der Waals surface area (Å²) in [6, 6.07) is 0. The van der Waals surface area contributed by atoms with E-state index in [1.54, 1.807) is 0 Å². The summed E-state index contributed by atoms with van der Waals surface area (Å²) >= 11 is 0. The molecule has 0 bridgehead atoms. The van der Waals surface area contributed by atoms with Crippen molar-refractivity contribution in [3.05, 3.63) is 25.3 Å². The van der Waals surface area contributed by atoms with E-state index in [9.17, 15) is 9.59 Å². The molecular weight excluding hydrogens is 144 g/mol. The minimum Gasteiger partial charge on any atom is -0.366 e. The van der Waals surface area contributed by atoms with Crippen molar-refractivity contribution in [2.75, 3.05) is 0 Å². The van der Waals surface area contributed by atoms with Gasteiger partial charge in [-0.05, 0) is 12.2 Å². The number of rotatable bonds is 2. The van der Waals surface area contributed by atoms with Crippen LogP contribution in [0.4, 0.5) is 0 Å². The lowest BCUT2D eigenvalue weighted by Gasteiger charge is -1.65. The number of amides is 2. The Hall–Kier alpha value is -1.58. The summed E-state index contributed by atoms with van der Waals surface area (Å²) < 4.78 is 0. The topological polar surface area (TPSA) is 86.2 Å². The lowest BCUT2D eigenvalue weighted by atomic mass is 10.6. The first-order valence-corrected chi connectivity index (χ1v) is 2.38. The molecule has 64 valence electrons. The molecule has 0 aromatic rings. The number of hydrogen-bond acceptors (Lipinski definition) is 2. The Balaban J connectivity index is -0.000000107. The van der Waals surface area contributed by atoms with E-state index in [1.165, 1.54) is 0 Å². The summed E-state index contributed by atoms with van der Waals surface area (Å²) in [4.78, 5) is 18.9. The highest BCUT2D eigenvalue weighted by atomic mass is 16.1. The Morgan fingerprint density at radius 2 is 1.09 bits per heavy atom. The maximum absolute atomic E-state index is 9.47. The van der Waals surface area contributed by atoms with E-state index in [-0.39, 0.29) is 7.43 Å². The summed E-state index contributed by atoms with van der Waals surface area (Å²) in [6.07, 6.45) is 2.11. The molecule has 0 saturated heterocycles. The monoisotopic (exact) mass is 158 g/mol. The standard InChI is InChI=1S/2C3H5NO.CH4/c2*1-2-3(4)5;/h2*2H,1H2,(H2,4,5);1H4. The average Bonchev–Trinajstić information content (AvgIpc) is 1.89. The van der Waals surface area contributed by atoms with Crippen LogP contribution in [0.3, 0.4) is 0 Å². The van der Waals surface area contributed by atoms with Crippen LogP contribution in [0.5, 0.6) is 0 Å². The van der Waals surface area contributed by atoms with Gasteiger partial charge in [0.25, 0.3) is 0 Å². The van der Waals surface area contributed by atoms with Crippen LogP contribution in [0.1, 0.15) is 7.43 Å². The molecule has 0 spiro atoms. The van der Waals surface area contributed by atoms with Crippen molar-refractivity contribution in [2.45, 2.75) is 7.43 Å². The minimum atomic E-state index is -0.481. The van der Waals surface area contributed by atoms with Gasteiger partial charge < -0.3 is 11.5 Å². The highest BCUT2D eigenvalue weighted by molar-refractivity contribution is 5.85. The smallest absolute Gasteiger partial charge is 0.240 e. The van der Waals surface area contributed by atoms with Gasteiger partial charge in [0, 0.05) is 0 Å². The Morgan fingerprint density at radius 1 is 1.00 bits per heavy atom. The van der Waals surface area contributed by atoms with Crippen LogP contribution in [-0.4, -0.2) is 11.8 Å². The van der Waals surface area contributed by atoms with Crippen LogP contribution < -0.4 is 11.5 Å². The van der Waals surface area contributed by atoms with Crippen molar-refractivity contribution < 1.29 is 9.59 Å². The van der Waals surface area contributed by atoms with Crippen molar-refractivity contribution in [1.82, 2.24) is 0 Å². The molecule has 0 aromatic carbocycles. The zero-order valence-corrected chi connectivity index (χ0v) is 5.54. The second kappa shape index (κ2) is 11.2. The van der Waals surface area contributed by atoms with Gasteiger partial charge in [0.1, 0.15) is 0 Å². The van der Waals surface area contributed by atoms with Crippen LogP contribution in [0.2, 0.25) is 0 Å². The average molecular weight is 158 g/mol. The van der Waals surface area contributed by atoms with E-state index < -0.39 is 11.8 Å². The van der Waals surface area contributed by atoms with Crippen molar-refractivity contribution in [3.63, 3.8) is 0 Å². The van der Waals surface area contributed by atoms with Gasteiger partial charge in [-0.1, -0.05) is 20.6 Å². The second-order valence-corrected chi connectivity index (χ2v) is 1.21. The van der Waals surface area contributed by atoms with Gasteiger partial charge in [0.15, 0.2) is 0 Å². The molecule has 0 fully saturated rings. The SMILES string of the molecule is C.C=CC(N)=O.C=CC(N)=O. The van der Waals surface area contributed by atoms with Crippen LogP contribution in [-0.2, 0) is 9.59 Å². The Labute approximate surface area is 66.6 Å². The van der Waals surface area contributed by atoms with E-state index in [0.29, 0.717) is 0 Å². The molecule has 0 aliphatic rings. The van der Waals surface area contributed by atoms with E-state index in [2.05, 4.69) is 24.6 Å². The molecule has 4 heteroatoms. The Kier molecular flexibility index (Phi) is 16.6. The lowest BCUT2D eigenvalue weighted by molar-refractivity contribution is -0.114. The van der Waals surface area contributed by atoms with Crippen LogP contribution in [0, 0.1) is 0 Å². The fourth-order valence-electron chi connectivity index (χ4n) is 0. The molecular formula is C7H14N2O2. The van der Waals surface area contributed by atoms with Crippen LogP contribution in [0.25, 0.3) is 0 Å². The van der Waals surface area contributed by atoms with E-state index in [0.717, 1.165) is 12.2 Å². The third-order valence-corrected chi connectivity index (χ3v) is 0.402. The summed E-state index contributed by atoms with van der Waals surface area (Å²) in [5, 5.41) is 0. The highest BCUT2D eigenvalue weighted by Gasteiger charge is 1.69. The molecule has 11 heavy (non-hydrogen) atoms. The number of hydrogen-bond donors (Lipinski definition) is 2. The molecule has 4 N–H and O–H groups in total. The molecule has 0 heterocycles. The third-order valence-electron chi connectivity index (χ3n) is 0.402. The normalized spacial score (nSPS) is 5.82. The predicted octanol–water partition coefficient (Wildman–Crippen LogP) is -0.0485. The first-order valence-electron chi connectivity index (χ1n) is 2.38. The van der Waals surface area contributed by atoms with Crippen molar-refractivity contribution in [2.24, 2.45) is 11.5 Å². The molecule has 0 unspecified atom stereocenters. The van der Waals surface area contributed by atoms with Crippen LogP contribution in [0.15, 0.2) is 25.3 Å². The summed E-state index contributed by atoms with van der Waals surface area (Å²) in [6.45, 7) is 6.17. The molecule has 0 aromatic heterocycles. The van der Waals surface area contributed by atoms with Crippen molar-refractivity contribution >= 4 is 11.8 Å². The van der Waals surface area contributed by atoms with Crippen LogP contribution >= 0.6 is 0 Å². The van der Waals surface area contributed by atoms with E-state index >= 15 is 0 Å². The maximum atomic E-state index is 9.47. The van der Waals surface area contributed by atoms with Gasteiger partial charge >= 0.3 is 0 Å². The molecule has 0 atom stereocenters. The second-order valence-electron chi connectivity index (χ2n) is 1.21. The number of nitrogens with two attached hydrogens (primary N) is 2. The number of carbonyl (C=O) groups is 2. The van der Waals surface area contributed by atoms with Gasteiger partial charge in [-0.25, -0.2) is 0 Å². The lowest BCUT2D eigenvalue weighted by Crippen LogP contribution is -2.04. The number of carbonyl (C=O) groups excluding carboxylic acids is 2. The molecule has 4 nitrogen and oxygen atoms in total. The largest absolute Gasteiger partial charge is 0.366 e. The van der Waals surface area contributed by atoms with E-state index in [1.807, 2.05) is 0 Å². The molecule has 0 saturated carbocycles. The molecule has 2 amide bonds. The van der Waals surface area contributed by atoms with Gasteiger partial charge in [-0.2, -0.15) is 0 Å². The summed E-state index contributed by atoms with van der Waals surface area (Å²) in [5.41, 5.74) is 9.07. The minimum absolute atomic E-state index is 0. The zero-order chi connectivity index (χ0) is 8.57. The van der Waals surface area contributed by atoms with Gasteiger partial charge in [0.05, 0.1) is 0 Å². The Bertz CT molecular complexity index is 135. The van der Waals surface area contributed by atoms with Gasteiger partial charge in [0.2, 0.25) is 11.8 Å². The van der Waals surface area contributed by atoms with Gasteiger partial charge in [-0.15, -0.1) is 0 Å². The van der Waals surface area contributed by atoms with E-state index in [4.69, 9.17) is 0 Å². The fourth-order valence-corrected chi connectivity index (χ4v) is 0. The molecule has 0 rings (SSSR count). The summed E-state index contributed by atoms with van der Waals surface area (Å²) in [5.74, 6) is -0.963.